The Morgan fingerprint density at radius 3 is 2.27 bits per heavy atom. The molecule has 1 atom stereocenters. The van der Waals surface area contributed by atoms with Crippen LogP contribution in [0.3, 0.4) is 0 Å². The van der Waals surface area contributed by atoms with E-state index in [4.69, 9.17) is 5.14 Å². The lowest BCUT2D eigenvalue weighted by molar-refractivity contribution is -0.118. The number of halogens is 1. The monoisotopic (exact) mass is 526 g/mol. The van der Waals surface area contributed by atoms with E-state index in [1.807, 2.05) is 38.1 Å². The van der Waals surface area contributed by atoms with Crippen molar-refractivity contribution < 1.29 is 13.2 Å². The third-order valence-electron chi connectivity index (χ3n) is 5.53. The second kappa shape index (κ2) is 9.48. The maximum Gasteiger partial charge on any atom is 0.238 e. The van der Waals surface area contributed by atoms with Gasteiger partial charge in [0.2, 0.25) is 10.0 Å². The summed E-state index contributed by atoms with van der Waals surface area (Å²) in [5.74, 6) is -1.94. The highest BCUT2D eigenvalue weighted by Gasteiger charge is 2.40. The van der Waals surface area contributed by atoms with Crippen LogP contribution in [0.5, 0.6) is 0 Å². The van der Waals surface area contributed by atoms with Crippen molar-refractivity contribution in [1.29, 1.82) is 10.5 Å². The number of nitrogens with zero attached hydrogens (tertiary/aromatic N) is 2. The molecule has 0 heterocycles. The number of hydrogen-bond donors (Lipinski definition) is 2. The van der Waals surface area contributed by atoms with E-state index in [-0.39, 0.29) is 22.5 Å². The summed E-state index contributed by atoms with van der Waals surface area (Å²) in [6.45, 7) is 3.96. The summed E-state index contributed by atoms with van der Waals surface area (Å²) in [5, 5.41) is 27.9. The molecular formula is C24H23BrN4O3S. The molecule has 1 aliphatic carbocycles. The first-order valence-electron chi connectivity index (χ1n) is 10.2. The van der Waals surface area contributed by atoms with E-state index in [0.717, 1.165) is 4.47 Å². The summed E-state index contributed by atoms with van der Waals surface area (Å²) in [4.78, 5) is 13.4. The molecule has 1 unspecified atom stereocenters. The highest BCUT2D eigenvalue weighted by Crippen LogP contribution is 2.44. The zero-order valence-corrected chi connectivity index (χ0v) is 20.6. The first-order chi connectivity index (χ1) is 15.4. The Labute approximate surface area is 202 Å². The highest BCUT2D eigenvalue weighted by molar-refractivity contribution is 9.10. The predicted octanol–water partition coefficient (Wildman–Crippen LogP) is 4.60. The normalized spacial score (nSPS) is 16.8. The summed E-state index contributed by atoms with van der Waals surface area (Å²) in [6, 6.07) is 17.2. The lowest BCUT2D eigenvalue weighted by atomic mass is 9.69. The number of allylic oxidation sites excluding steroid dienone is 2. The number of nitrogens with two attached hydrogens (primary N) is 1. The van der Waals surface area contributed by atoms with Crippen LogP contribution >= 0.6 is 15.9 Å². The van der Waals surface area contributed by atoms with Gasteiger partial charge in [0.1, 0.15) is 5.92 Å². The zero-order chi connectivity index (χ0) is 24.4. The van der Waals surface area contributed by atoms with Gasteiger partial charge in [-0.2, -0.15) is 10.5 Å². The Hall–Kier alpha value is -2.98. The Bertz CT molecular complexity index is 1290. The molecular weight excluding hydrogens is 504 g/mol. The molecule has 1 aliphatic rings. The molecule has 0 spiro atoms. The van der Waals surface area contributed by atoms with Crippen LogP contribution in [0.1, 0.15) is 38.2 Å². The summed E-state index contributed by atoms with van der Waals surface area (Å²) >= 11 is 3.43. The van der Waals surface area contributed by atoms with Gasteiger partial charge in [0.05, 0.1) is 17.0 Å². The fourth-order valence-corrected chi connectivity index (χ4v) is 5.05. The predicted molar refractivity (Wildman–Crippen MR) is 128 cm³/mol. The summed E-state index contributed by atoms with van der Waals surface area (Å²) < 4.78 is 23.9. The fourth-order valence-electron chi connectivity index (χ4n) is 4.11. The number of carbonyl (C=O) groups excluding carboxylic acids is 1. The quantitative estimate of drug-likeness (QED) is 0.564. The first kappa shape index (κ1) is 24.7. The van der Waals surface area contributed by atoms with Crippen LogP contribution in [0.25, 0.3) is 0 Å². The minimum atomic E-state index is -3.83. The number of benzene rings is 2. The Morgan fingerprint density at radius 1 is 1.09 bits per heavy atom. The molecule has 2 aromatic carbocycles. The van der Waals surface area contributed by atoms with E-state index in [0.29, 0.717) is 28.9 Å². The van der Waals surface area contributed by atoms with Crippen molar-refractivity contribution in [2.24, 2.45) is 16.5 Å². The molecule has 0 fully saturated rings. The Morgan fingerprint density at radius 2 is 1.73 bits per heavy atom. The van der Waals surface area contributed by atoms with Gasteiger partial charge in [-0.25, -0.2) is 13.6 Å². The van der Waals surface area contributed by atoms with Gasteiger partial charge < -0.3 is 5.32 Å². The molecule has 33 heavy (non-hydrogen) atoms. The first-order valence-corrected chi connectivity index (χ1v) is 12.5. The molecule has 0 saturated carbocycles. The van der Waals surface area contributed by atoms with Crippen molar-refractivity contribution in [2.75, 3.05) is 5.32 Å². The van der Waals surface area contributed by atoms with Crippen LogP contribution in [0.15, 0.2) is 69.2 Å². The number of primary sulfonamides is 1. The largest absolute Gasteiger partial charge is 0.359 e. The summed E-state index contributed by atoms with van der Waals surface area (Å²) in [5.41, 5.74) is 1.93. The van der Waals surface area contributed by atoms with Crippen molar-refractivity contribution in [3.8, 4) is 12.1 Å². The molecule has 2 aromatic rings. The third kappa shape index (κ3) is 5.69. The van der Waals surface area contributed by atoms with Gasteiger partial charge in [0.25, 0.3) is 0 Å². The molecule has 3 N–H and O–H groups in total. The average molecular weight is 527 g/mol. The minimum Gasteiger partial charge on any atom is -0.359 e. The molecule has 0 aromatic heterocycles. The van der Waals surface area contributed by atoms with Crippen LogP contribution in [0, 0.1) is 34.0 Å². The van der Waals surface area contributed by atoms with Crippen LogP contribution in [0.2, 0.25) is 0 Å². The number of hydrogen-bond acceptors (Lipinski definition) is 6. The third-order valence-corrected chi connectivity index (χ3v) is 6.95. The number of nitriles is 2. The van der Waals surface area contributed by atoms with Crippen LogP contribution < -0.4 is 10.5 Å². The van der Waals surface area contributed by atoms with Crippen molar-refractivity contribution in [2.45, 2.75) is 37.5 Å². The van der Waals surface area contributed by atoms with E-state index in [1.54, 1.807) is 24.3 Å². The van der Waals surface area contributed by atoms with Gasteiger partial charge in [0, 0.05) is 33.8 Å². The van der Waals surface area contributed by atoms with E-state index < -0.39 is 21.9 Å². The zero-order valence-electron chi connectivity index (χ0n) is 18.2. The minimum absolute atomic E-state index is 0.0247. The fraction of sp³-hybridized carbons (Fsp3) is 0.292. The lowest BCUT2D eigenvalue weighted by Crippen LogP contribution is -2.32. The second-order valence-corrected chi connectivity index (χ2v) is 11.3. The van der Waals surface area contributed by atoms with Gasteiger partial charge >= 0.3 is 0 Å². The van der Waals surface area contributed by atoms with Gasteiger partial charge in [-0.15, -0.1) is 0 Å². The lowest BCUT2D eigenvalue weighted by Gasteiger charge is -2.36. The van der Waals surface area contributed by atoms with Crippen molar-refractivity contribution >= 4 is 37.4 Å². The van der Waals surface area contributed by atoms with Crippen LogP contribution in [0.4, 0.5) is 5.69 Å². The Kier molecular flexibility index (Phi) is 7.08. The van der Waals surface area contributed by atoms with E-state index >= 15 is 0 Å². The maximum atomic E-state index is 13.4. The number of sulfonamides is 1. The topological polar surface area (TPSA) is 137 Å². The number of rotatable bonds is 6. The van der Waals surface area contributed by atoms with Gasteiger partial charge in [0.15, 0.2) is 5.78 Å². The van der Waals surface area contributed by atoms with Gasteiger partial charge in [-0.1, -0.05) is 41.9 Å². The van der Waals surface area contributed by atoms with Crippen molar-refractivity contribution in [3.63, 3.8) is 0 Å². The molecule has 0 bridgehead atoms. The molecule has 7 nitrogen and oxygen atoms in total. The molecule has 0 aliphatic heterocycles. The highest BCUT2D eigenvalue weighted by atomic mass is 79.9. The summed E-state index contributed by atoms with van der Waals surface area (Å²) in [6.07, 6.45) is 0.797. The number of carbonyl (C=O) groups is 1. The van der Waals surface area contributed by atoms with Crippen molar-refractivity contribution in [3.05, 3.63) is 69.8 Å². The van der Waals surface area contributed by atoms with Crippen molar-refractivity contribution in [1.82, 2.24) is 0 Å². The molecule has 0 amide bonds. The molecule has 0 saturated heterocycles. The summed E-state index contributed by atoms with van der Waals surface area (Å²) in [7, 11) is -3.83. The van der Waals surface area contributed by atoms with Gasteiger partial charge in [-0.05, 0) is 53.8 Å². The maximum absolute atomic E-state index is 13.4. The van der Waals surface area contributed by atoms with E-state index in [9.17, 15) is 23.7 Å². The smallest absolute Gasteiger partial charge is 0.238 e. The van der Waals surface area contributed by atoms with Gasteiger partial charge in [-0.3, -0.25) is 4.79 Å². The molecule has 170 valence electrons. The number of nitrogens with one attached hydrogen (secondary N) is 1. The van der Waals surface area contributed by atoms with E-state index in [1.165, 1.54) is 12.1 Å². The molecule has 3 rings (SSSR count). The second-order valence-electron chi connectivity index (χ2n) is 8.80. The van der Waals surface area contributed by atoms with Crippen LogP contribution in [-0.4, -0.2) is 14.2 Å². The molecule has 9 heteroatoms. The SMILES string of the molecule is CC1(C)CC(=O)C(C(c2cccc(Br)c2)C(C#N)C#N)=C(Nc2ccc(S(N)(=O)=O)cc2)C1. The Balaban J connectivity index is 2.17. The van der Waals surface area contributed by atoms with Crippen LogP contribution in [-0.2, 0) is 14.8 Å². The van der Waals surface area contributed by atoms with E-state index in [2.05, 4.69) is 21.2 Å². The number of ketones is 1. The number of anilines is 1. The molecule has 0 radical (unpaired) electrons. The number of Topliss-reactive ketones (excluding diaryl/α,β-unsaturated/α-hetero) is 1. The standard InChI is InChI=1S/C24H23BrN4O3S/c1-24(2)11-20(29-18-6-8-19(9-7-18)33(28,31)32)23(21(30)12-24)22(16(13-26)14-27)15-4-3-5-17(25)10-15/h3-10,16,22,29H,11-12H2,1-2H3,(H2,28,31,32). The average Bonchev–Trinajstić information content (AvgIpc) is 2.72.